The van der Waals surface area contributed by atoms with Gasteiger partial charge in [-0.2, -0.15) is 0 Å². The SMILES string of the molecule is CN(Cc1c(F)cccc1Cl)C(=O)COC(=O)CNC(=O)c1ccc(N2CCCC2=O)cc1. The van der Waals surface area contributed by atoms with Gasteiger partial charge in [-0.25, -0.2) is 4.39 Å². The zero-order valence-electron chi connectivity index (χ0n) is 18.0. The molecule has 2 aromatic carbocycles. The minimum atomic E-state index is -0.798. The number of hydrogen-bond acceptors (Lipinski definition) is 5. The van der Waals surface area contributed by atoms with Gasteiger partial charge in [0.2, 0.25) is 5.91 Å². The number of rotatable bonds is 8. The number of carbonyl (C=O) groups excluding carboxylic acids is 4. The molecule has 3 rings (SSSR count). The number of nitrogens with zero attached hydrogens (tertiary/aromatic N) is 2. The maximum Gasteiger partial charge on any atom is 0.325 e. The van der Waals surface area contributed by atoms with Crippen molar-refractivity contribution in [2.75, 3.05) is 31.6 Å². The number of hydrogen-bond donors (Lipinski definition) is 1. The molecular weight excluding hydrogens is 453 g/mol. The highest BCUT2D eigenvalue weighted by molar-refractivity contribution is 6.31. The third-order valence-corrected chi connectivity index (χ3v) is 5.50. The molecule has 2 aromatic rings. The average molecular weight is 476 g/mol. The van der Waals surface area contributed by atoms with Crippen LogP contribution in [0.25, 0.3) is 0 Å². The standard InChI is InChI=1S/C23H23ClFN3O5/c1-27(13-17-18(24)4-2-5-19(17)25)21(30)14-33-22(31)12-26-23(32)15-7-9-16(10-8-15)28-11-3-6-20(28)29/h2,4-5,7-10H,3,6,11-14H2,1H3,(H,26,32). The van der Waals surface area contributed by atoms with Crippen molar-refractivity contribution >= 4 is 41.0 Å². The fraction of sp³-hybridized carbons (Fsp3) is 0.304. The summed E-state index contributed by atoms with van der Waals surface area (Å²) in [4.78, 5) is 50.9. The molecule has 1 fully saturated rings. The van der Waals surface area contributed by atoms with Crippen molar-refractivity contribution < 1.29 is 28.3 Å². The number of likely N-dealkylation sites (N-methyl/N-ethyl adjacent to an activating group) is 1. The molecule has 0 spiro atoms. The highest BCUT2D eigenvalue weighted by Crippen LogP contribution is 2.22. The maximum absolute atomic E-state index is 13.9. The molecule has 0 radical (unpaired) electrons. The van der Waals surface area contributed by atoms with E-state index >= 15 is 0 Å². The second-order valence-corrected chi connectivity index (χ2v) is 7.90. The molecule has 3 amide bonds. The fourth-order valence-electron chi connectivity index (χ4n) is 3.28. The summed E-state index contributed by atoms with van der Waals surface area (Å²) in [5.74, 6) is -2.34. The van der Waals surface area contributed by atoms with E-state index in [0.29, 0.717) is 24.2 Å². The summed E-state index contributed by atoms with van der Waals surface area (Å²) < 4.78 is 18.7. The van der Waals surface area contributed by atoms with Crippen molar-refractivity contribution in [3.05, 3.63) is 64.4 Å². The Morgan fingerprint density at radius 1 is 1.18 bits per heavy atom. The molecule has 10 heteroatoms. The van der Waals surface area contributed by atoms with Gasteiger partial charge in [0.15, 0.2) is 6.61 Å². The lowest BCUT2D eigenvalue weighted by Crippen LogP contribution is -2.34. The number of amides is 3. The van der Waals surface area contributed by atoms with Gasteiger partial charge >= 0.3 is 5.97 Å². The van der Waals surface area contributed by atoms with Gasteiger partial charge in [-0.3, -0.25) is 19.2 Å². The van der Waals surface area contributed by atoms with E-state index < -0.39 is 36.8 Å². The second kappa shape index (κ2) is 10.9. The zero-order valence-corrected chi connectivity index (χ0v) is 18.7. The Balaban J connectivity index is 1.42. The first kappa shape index (κ1) is 24.2. The van der Waals surface area contributed by atoms with Crippen LogP contribution in [0.5, 0.6) is 0 Å². The first-order chi connectivity index (χ1) is 15.8. The highest BCUT2D eigenvalue weighted by atomic mass is 35.5. The molecule has 174 valence electrons. The molecule has 0 unspecified atom stereocenters. The van der Waals surface area contributed by atoms with Crippen LogP contribution < -0.4 is 10.2 Å². The van der Waals surface area contributed by atoms with Gasteiger partial charge in [-0.15, -0.1) is 0 Å². The van der Waals surface area contributed by atoms with Crippen LogP contribution in [0.15, 0.2) is 42.5 Å². The number of ether oxygens (including phenoxy) is 1. The van der Waals surface area contributed by atoms with E-state index in [1.54, 1.807) is 29.2 Å². The van der Waals surface area contributed by atoms with Crippen molar-refractivity contribution in [1.82, 2.24) is 10.2 Å². The molecule has 0 saturated carbocycles. The number of carbonyl (C=O) groups is 4. The van der Waals surface area contributed by atoms with Gasteiger partial charge < -0.3 is 19.9 Å². The summed E-state index contributed by atoms with van der Waals surface area (Å²) in [6.45, 7) is -0.424. The van der Waals surface area contributed by atoms with Gasteiger partial charge in [0.05, 0.1) is 0 Å². The molecule has 33 heavy (non-hydrogen) atoms. The van der Waals surface area contributed by atoms with Crippen LogP contribution in [0.4, 0.5) is 10.1 Å². The number of nitrogens with one attached hydrogen (secondary N) is 1. The molecule has 1 heterocycles. The lowest BCUT2D eigenvalue weighted by Gasteiger charge is -2.18. The summed E-state index contributed by atoms with van der Waals surface area (Å²) in [7, 11) is 1.43. The van der Waals surface area contributed by atoms with E-state index in [2.05, 4.69) is 5.32 Å². The Hall–Kier alpha value is -3.46. The Kier molecular flexibility index (Phi) is 8.00. The second-order valence-electron chi connectivity index (χ2n) is 7.49. The number of halogens is 2. The fourth-order valence-corrected chi connectivity index (χ4v) is 3.50. The lowest BCUT2D eigenvalue weighted by molar-refractivity contribution is -0.150. The van der Waals surface area contributed by atoms with Crippen molar-refractivity contribution in [1.29, 1.82) is 0 Å². The summed E-state index contributed by atoms with van der Waals surface area (Å²) >= 11 is 5.95. The molecule has 1 saturated heterocycles. The third kappa shape index (κ3) is 6.29. The van der Waals surface area contributed by atoms with Crippen molar-refractivity contribution in [3.8, 4) is 0 Å². The van der Waals surface area contributed by atoms with E-state index in [1.807, 2.05) is 0 Å². The van der Waals surface area contributed by atoms with E-state index in [4.69, 9.17) is 16.3 Å². The van der Waals surface area contributed by atoms with Gasteiger partial charge in [0.25, 0.3) is 11.8 Å². The predicted octanol–water partition coefficient (Wildman–Crippen LogP) is 2.54. The largest absolute Gasteiger partial charge is 0.454 e. The normalized spacial score (nSPS) is 13.1. The molecule has 1 aliphatic rings. The van der Waals surface area contributed by atoms with Crippen molar-refractivity contribution in [2.45, 2.75) is 19.4 Å². The van der Waals surface area contributed by atoms with E-state index in [-0.39, 0.29) is 23.0 Å². The minimum Gasteiger partial charge on any atom is -0.454 e. The van der Waals surface area contributed by atoms with Crippen LogP contribution in [0.1, 0.15) is 28.8 Å². The summed E-state index contributed by atoms with van der Waals surface area (Å²) in [6.07, 6.45) is 1.32. The molecule has 0 aromatic heterocycles. The molecule has 1 N–H and O–H groups in total. The van der Waals surface area contributed by atoms with Crippen LogP contribution in [-0.4, -0.2) is 55.3 Å². The Morgan fingerprint density at radius 3 is 2.55 bits per heavy atom. The summed E-state index contributed by atoms with van der Waals surface area (Å²) in [5.41, 5.74) is 1.19. The monoisotopic (exact) mass is 475 g/mol. The van der Waals surface area contributed by atoms with E-state index in [9.17, 15) is 23.6 Å². The molecule has 8 nitrogen and oxygen atoms in total. The number of benzene rings is 2. The Morgan fingerprint density at radius 2 is 1.91 bits per heavy atom. The van der Waals surface area contributed by atoms with Crippen LogP contribution in [0.3, 0.4) is 0 Å². The van der Waals surface area contributed by atoms with Crippen LogP contribution >= 0.6 is 11.6 Å². The average Bonchev–Trinajstić information content (AvgIpc) is 3.24. The summed E-state index contributed by atoms with van der Waals surface area (Å²) in [5, 5.41) is 2.61. The first-order valence-corrected chi connectivity index (χ1v) is 10.6. The molecule has 0 atom stereocenters. The van der Waals surface area contributed by atoms with Gasteiger partial charge in [-0.1, -0.05) is 17.7 Å². The van der Waals surface area contributed by atoms with Crippen LogP contribution in [-0.2, 0) is 25.7 Å². The topological polar surface area (TPSA) is 96.0 Å². The van der Waals surface area contributed by atoms with Crippen molar-refractivity contribution in [3.63, 3.8) is 0 Å². The molecule has 0 aliphatic carbocycles. The van der Waals surface area contributed by atoms with Crippen LogP contribution in [0, 0.1) is 5.82 Å². The highest BCUT2D eigenvalue weighted by Gasteiger charge is 2.22. The Labute approximate surface area is 195 Å². The minimum absolute atomic E-state index is 0.0483. The number of esters is 1. The maximum atomic E-state index is 13.9. The third-order valence-electron chi connectivity index (χ3n) is 5.15. The van der Waals surface area contributed by atoms with Gasteiger partial charge in [0.1, 0.15) is 12.4 Å². The predicted molar refractivity (Wildman–Crippen MR) is 119 cm³/mol. The quantitative estimate of drug-likeness (QED) is 0.592. The number of anilines is 1. The van der Waals surface area contributed by atoms with Crippen LogP contribution in [0.2, 0.25) is 5.02 Å². The van der Waals surface area contributed by atoms with E-state index in [1.165, 1.54) is 30.1 Å². The van der Waals surface area contributed by atoms with E-state index in [0.717, 1.165) is 6.42 Å². The molecule has 0 bridgehead atoms. The Bertz CT molecular complexity index is 1040. The van der Waals surface area contributed by atoms with Gasteiger partial charge in [-0.05, 0) is 42.8 Å². The summed E-state index contributed by atoms with van der Waals surface area (Å²) in [6, 6.07) is 10.7. The van der Waals surface area contributed by atoms with Crippen molar-refractivity contribution in [2.24, 2.45) is 0 Å². The smallest absolute Gasteiger partial charge is 0.325 e. The zero-order chi connectivity index (χ0) is 24.0. The molecule has 1 aliphatic heterocycles. The lowest BCUT2D eigenvalue weighted by atomic mass is 10.2. The molecular formula is C23H23ClFN3O5. The first-order valence-electron chi connectivity index (χ1n) is 10.3. The van der Waals surface area contributed by atoms with Gasteiger partial charge in [0, 0.05) is 48.4 Å².